The van der Waals surface area contributed by atoms with Gasteiger partial charge in [-0.3, -0.25) is 9.59 Å². The van der Waals surface area contributed by atoms with Gasteiger partial charge in [-0.25, -0.2) is 0 Å². The molecular formula is C15H17NO3S. The van der Waals surface area contributed by atoms with Gasteiger partial charge in [0.25, 0.3) is 0 Å². The van der Waals surface area contributed by atoms with Crippen molar-refractivity contribution in [2.75, 3.05) is 23.9 Å². The van der Waals surface area contributed by atoms with Gasteiger partial charge in [-0.15, -0.1) is 0 Å². The number of thioether (sulfide) groups is 1. The van der Waals surface area contributed by atoms with E-state index in [2.05, 4.69) is 16.6 Å². The molecule has 1 aliphatic heterocycles. The van der Waals surface area contributed by atoms with Crippen molar-refractivity contribution in [1.29, 1.82) is 0 Å². The van der Waals surface area contributed by atoms with Crippen LogP contribution in [0.25, 0.3) is 0 Å². The lowest BCUT2D eigenvalue weighted by Crippen LogP contribution is -2.06. The van der Waals surface area contributed by atoms with Crippen LogP contribution in [0.3, 0.4) is 0 Å². The number of allylic oxidation sites excluding steroid dienone is 1. The van der Waals surface area contributed by atoms with Crippen molar-refractivity contribution in [3.8, 4) is 0 Å². The fourth-order valence-electron chi connectivity index (χ4n) is 2.01. The van der Waals surface area contributed by atoms with Crippen LogP contribution in [0, 0.1) is 0 Å². The van der Waals surface area contributed by atoms with E-state index in [0.717, 1.165) is 23.4 Å². The molecule has 1 heterocycles. The summed E-state index contributed by atoms with van der Waals surface area (Å²) in [7, 11) is 1.37. The van der Waals surface area contributed by atoms with Gasteiger partial charge < -0.3 is 10.1 Å². The maximum atomic E-state index is 12.1. The van der Waals surface area contributed by atoms with Gasteiger partial charge in [-0.1, -0.05) is 6.58 Å². The smallest absolute Gasteiger partial charge is 0.306 e. The average molecular weight is 291 g/mol. The molecule has 0 unspecified atom stereocenters. The summed E-state index contributed by atoms with van der Waals surface area (Å²) in [5.41, 5.74) is 3.81. The SMILES string of the molecule is C=C1Cc2cc(C(=O)CSCCC(=O)OC)ccc2N1. The summed E-state index contributed by atoms with van der Waals surface area (Å²) in [5.74, 6) is 0.818. The number of benzene rings is 1. The lowest BCUT2D eigenvalue weighted by atomic mass is 10.1. The maximum absolute atomic E-state index is 12.1. The number of anilines is 1. The fraction of sp³-hybridized carbons (Fsp3) is 0.333. The number of Topliss-reactive ketones (excluding diaryl/α,β-unsaturated/α-hetero) is 1. The number of esters is 1. The van der Waals surface area contributed by atoms with Gasteiger partial charge in [-0.2, -0.15) is 11.8 Å². The number of ketones is 1. The minimum atomic E-state index is -0.243. The molecule has 1 aromatic rings. The minimum Gasteiger partial charge on any atom is -0.469 e. The first-order chi connectivity index (χ1) is 9.60. The summed E-state index contributed by atoms with van der Waals surface area (Å²) >= 11 is 1.45. The highest BCUT2D eigenvalue weighted by Gasteiger charge is 2.15. The number of ether oxygens (including phenoxy) is 1. The van der Waals surface area contributed by atoms with Crippen LogP contribution in [0.5, 0.6) is 0 Å². The number of carbonyl (C=O) groups excluding carboxylic acids is 2. The molecule has 0 spiro atoms. The van der Waals surface area contributed by atoms with E-state index in [1.165, 1.54) is 18.9 Å². The topological polar surface area (TPSA) is 55.4 Å². The molecule has 0 saturated heterocycles. The van der Waals surface area contributed by atoms with Crippen molar-refractivity contribution in [2.24, 2.45) is 0 Å². The molecule has 0 amide bonds. The standard InChI is InChI=1S/C15H17NO3S/c1-10-7-12-8-11(3-4-13(12)16-10)14(17)9-20-6-5-15(18)19-2/h3-4,8,16H,1,5-7,9H2,2H3. The Balaban J connectivity index is 1.86. The monoisotopic (exact) mass is 291 g/mol. The number of rotatable bonds is 6. The molecule has 0 fully saturated rings. The minimum absolute atomic E-state index is 0.0835. The summed E-state index contributed by atoms with van der Waals surface area (Å²) in [5, 5.41) is 3.17. The zero-order valence-corrected chi connectivity index (χ0v) is 12.2. The van der Waals surface area contributed by atoms with Crippen LogP contribution in [0.4, 0.5) is 5.69 Å². The molecule has 1 aliphatic rings. The van der Waals surface area contributed by atoms with Crippen LogP contribution in [0.2, 0.25) is 0 Å². The quantitative estimate of drug-likeness (QED) is 0.496. The Kier molecular flexibility index (Phi) is 4.84. The molecule has 0 aromatic heterocycles. The number of carbonyl (C=O) groups is 2. The molecule has 0 radical (unpaired) electrons. The number of methoxy groups -OCH3 is 1. The molecule has 0 saturated carbocycles. The Hall–Kier alpha value is -1.75. The predicted molar refractivity (Wildman–Crippen MR) is 81.2 cm³/mol. The van der Waals surface area contributed by atoms with Gasteiger partial charge in [0.2, 0.25) is 0 Å². The van der Waals surface area contributed by atoms with Gasteiger partial charge in [0, 0.05) is 29.1 Å². The van der Waals surface area contributed by atoms with Crippen LogP contribution in [-0.4, -0.2) is 30.4 Å². The summed E-state index contributed by atoms with van der Waals surface area (Å²) < 4.78 is 4.55. The highest BCUT2D eigenvalue weighted by Crippen LogP contribution is 2.28. The third-order valence-electron chi connectivity index (χ3n) is 3.05. The summed E-state index contributed by atoms with van der Waals surface area (Å²) in [6.45, 7) is 3.88. The Morgan fingerprint density at radius 2 is 2.25 bits per heavy atom. The van der Waals surface area contributed by atoms with Crippen LogP contribution < -0.4 is 5.32 Å². The lowest BCUT2D eigenvalue weighted by Gasteiger charge is -2.04. The van der Waals surface area contributed by atoms with Crippen molar-refractivity contribution in [3.63, 3.8) is 0 Å². The van der Waals surface area contributed by atoms with Crippen molar-refractivity contribution in [3.05, 3.63) is 41.6 Å². The third kappa shape index (κ3) is 3.63. The van der Waals surface area contributed by atoms with Crippen LogP contribution in [-0.2, 0) is 16.0 Å². The zero-order chi connectivity index (χ0) is 14.5. The van der Waals surface area contributed by atoms with E-state index in [0.29, 0.717) is 23.5 Å². The van der Waals surface area contributed by atoms with E-state index in [9.17, 15) is 9.59 Å². The van der Waals surface area contributed by atoms with Crippen molar-refractivity contribution in [2.45, 2.75) is 12.8 Å². The first-order valence-electron chi connectivity index (χ1n) is 6.35. The van der Waals surface area contributed by atoms with Crippen molar-refractivity contribution >= 4 is 29.2 Å². The van der Waals surface area contributed by atoms with Gasteiger partial charge in [0.1, 0.15) is 0 Å². The average Bonchev–Trinajstić information content (AvgIpc) is 2.81. The van der Waals surface area contributed by atoms with E-state index in [1.807, 2.05) is 18.2 Å². The first kappa shape index (κ1) is 14.7. The Morgan fingerprint density at radius 1 is 1.45 bits per heavy atom. The van der Waals surface area contributed by atoms with Gasteiger partial charge >= 0.3 is 5.97 Å². The normalized spacial score (nSPS) is 12.8. The number of nitrogens with one attached hydrogen (secondary N) is 1. The highest BCUT2D eigenvalue weighted by molar-refractivity contribution is 8.00. The van der Waals surface area contributed by atoms with E-state index in [4.69, 9.17) is 0 Å². The number of hydrogen-bond donors (Lipinski definition) is 1. The second-order valence-electron chi connectivity index (χ2n) is 4.58. The molecule has 1 N–H and O–H groups in total. The van der Waals surface area contributed by atoms with E-state index >= 15 is 0 Å². The van der Waals surface area contributed by atoms with Crippen molar-refractivity contribution < 1.29 is 14.3 Å². The fourth-order valence-corrected chi connectivity index (χ4v) is 2.81. The van der Waals surface area contributed by atoms with Gasteiger partial charge in [0.05, 0.1) is 19.3 Å². The Bertz CT molecular complexity index is 554. The van der Waals surface area contributed by atoms with Crippen LogP contribution in [0.1, 0.15) is 22.3 Å². The summed E-state index contributed by atoms with van der Waals surface area (Å²) in [4.78, 5) is 23.0. The third-order valence-corrected chi connectivity index (χ3v) is 4.01. The first-order valence-corrected chi connectivity index (χ1v) is 7.51. The van der Waals surface area contributed by atoms with Gasteiger partial charge in [-0.05, 0) is 23.8 Å². The number of fused-ring (bicyclic) bond motifs is 1. The molecule has 20 heavy (non-hydrogen) atoms. The molecule has 0 atom stereocenters. The summed E-state index contributed by atoms with van der Waals surface area (Å²) in [6.07, 6.45) is 1.11. The van der Waals surface area contributed by atoms with E-state index in [-0.39, 0.29) is 11.8 Å². The largest absolute Gasteiger partial charge is 0.469 e. The molecule has 1 aromatic carbocycles. The van der Waals surface area contributed by atoms with E-state index in [1.54, 1.807) is 0 Å². The zero-order valence-electron chi connectivity index (χ0n) is 11.4. The lowest BCUT2D eigenvalue weighted by molar-refractivity contribution is -0.140. The van der Waals surface area contributed by atoms with Crippen molar-refractivity contribution in [1.82, 2.24) is 0 Å². The molecule has 2 rings (SSSR count). The molecular weight excluding hydrogens is 274 g/mol. The molecule has 0 bridgehead atoms. The Morgan fingerprint density at radius 3 is 3.00 bits per heavy atom. The molecule has 4 nitrogen and oxygen atoms in total. The predicted octanol–water partition coefficient (Wildman–Crippen LogP) is 2.65. The molecule has 0 aliphatic carbocycles. The maximum Gasteiger partial charge on any atom is 0.306 e. The van der Waals surface area contributed by atoms with Crippen LogP contribution >= 0.6 is 11.8 Å². The van der Waals surface area contributed by atoms with Crippen LogP contribution in [0.15, 0.2) is 30.5 Å². The second kappa shape index (κ2) is 6.61. The van der Waals surface area contributed by atoms with Gasteiger partial charge in [0.15, 0.2) is 5.78 Å². The summed E-state index contributed by atoms with van der Waals surface area (Å²) in [6, 6.07) is 5.66. The molecule has 106 valence electrons. The second-order valence-corrected chi connectivity index (χ2v) is 5.68. The highest BCUT2D eigenvalue weighted by atomic mass is 32.2. The van der Waals surface area contributed by atoms with E-state index < -0.39 is 0 Å². The number of hydrogen-bond acceptors (Lipinski definition) is 5. The Labute approximate surface area is 122 Å². The molecule has 5 heteroatoms.